The van der Waals surface area contributed by atoms with E-state index >= 15 is 0 Å². The highest BCUT2D eigenvalue weighted by atomic mass is 16.5. The SMILES string of the molecule is Cc1nc(C)c(C(=O)O[C@H]2C[C@@H](C(C)C)C[C@@H](C)[C@H]2C)cc1C(=O)O[C@H]1C[C@@H](C(C)C)C[C@@H](C)[C@H]1C. The maximum atomic E-state index is 13.3. The van der Waals surface area contributed by atoms with E-state index in [1.807, 2.05) is 0 Å². The second-order valence-electron chi connectivity index (χ2n) is 12.8. The molecule has 0 spiro atoms. The van der Waals surface area contributed by atoms with Crippen LogP contribution < -0.4 is 0 Å². The maximum absolute atomic E-state index is 13.3. The molecular weight excluding hydrogens is 450 g/mol. The average Bonchev–Trinajstić information content (AvgIpc) is 2.79. The number of aryl methyl sites for hydroxylation is 2. The van der Waals surface area contributed by atoms with Gasteiger partial charge in [0, 0.05) is 0 Å². The van der Waals surface area contributed by atoms with Gasteiger partial charge >= 0.3 is 11.9 Å². The van der Waals surface area contributed by atoms with E-state index in [1.54, 1.807) is 19.9 Å². The minimum atomic E-state index is -0.387. The number of pyridine rings is 1. The molecule has 0 unspecified atom stereocenters. The molecule has 5 nitrogen and oxygen atoms in total. The van der Waals surface area contributed by atoms with Crippen molar-refractivity contribution in [2.45, 2.75) is 107 Å². The van der Waals surface area contributed by atoms with E-state index in [9.17, 15) is 9.59 Å². The first-order chi connectivity index (χ1) is 16.8. The Morgan fingerprint density at radius 3 is 1.42 bits per heavy atom. The van der Waals surface area contributed by atoms with Gasteiger partial charge in [-0.25, -0.2) is 9.59 Å². The van der Waals surface area contributed by atoms with Crippen molar-refractivity contribution in [3.8, 4) is 0 Å². The summed E-state index contributed by atoms with van der Waals surface area (Å²) in [5.74, 6) is 3.05. The van der Waals surface area contributed by atoms with Crippen LogP contribution in [-0.2, 0) is 9.47 Å². The minimum absolute atomic E-state index is 0.123. The predicted molar refractivity (Wildman–Crippen MR) is 144 cm³/mol. The Hall–Kier alpha value is -1.91. The molecule has 202 valence electrons. The fourth-order valence-corrected chi connectivity index (χ4v) is 6.28. The highest BCUT2D eigenvalue weighted by Crippen LogP contribution is 2.40. The van der Waals surface area contributed by atoms with Crippen LogP contribution in [0.5, 0.6) is 0 Å². The third-order valence-electron chi connectivity index (χ3n) is 9.63. The van der Waals surface area contributed by atoms with Crippen LogP contribution in [0.15, 0.2) is 6.07 Å². The number of hydrogen-bond donors (Lipinski definition) is 0. The topological polar surface area (TPSA) is 65.5 Å². The van der Waals surface area contributed by atoms with E-state index in [1.165, 1.54) is 12.8 Å². The Balaban J connectivity index is 1.78. The summed E-state index contributed by atoms with van der Waals surface area (Å²) in [6.45, 7) is 21.5. The fraction of sp³-hybridized carbons (Fsp3) is 0.774. The summed E-state index contributed by atoms with van der Waals surface area (Å²) >= 11 is 0. The van der Waals surface area contributed by atoms with E-state index in [2.05, 4.69) is 60.4 Å². The summed E-state index contributed by atoms with van der Waals surface area (Å²) < 4.78 is 12.2. The Morgan fingerprint density at radius 1 is 0.722 bits per heavy atom. The largest absolute Gasteiger partial charge is 0.458 e. The zero-order chi connectivity index (χ0) is 26.9. The van der Waals surface area contributed by atoms with Gasteiger partial charge in [-0.1, -0.05) is 55.4 Å². The highest BCUT2D eigenvalue weighted by Gasteiger charge is 2.38. The van der Waals surface area contributed by atoms with Gasteiger partial charge in [-0.05, 0) is 92.9 Å². The molecule has 2 saturated carbocycles. The smallest absolute Gasteiger partial charge is 0.340 e. The molecule has 2 aliphatic carbocycles. The highest BCUT2D eigenvalue weighted by molar-refractivity contribution is 5.96. The molecule has 0 bridgehead atoms. The molecule has 1 aromatic heterocycles. The number of rotatable bonds is 6. The average molecular weight is 500 g/mol. The van der Waals surface area contributed by atoms with E-state index < -0.39 is 0 Å². The lowest BCUT2D eigenvalue weighted by Gasteiger charge is -2.40. The van der Waals surface area contributed by atoms with E-state index in [-0.39, 0.29) is 24.1 Å². The standard InChI is InChI=1S/C31H49NO4/c1-16(2)24-11-18(5)20(7)28(13-24)35-30(33)26-15-27(23(10)32-22(26)9)31(34)36-29-14-25(17(3)4)12-19(6)21(29)8/h15-21,24-25,28-29H,11-14H2,1-10H3/t18-,19-,20-,21-,24+,25+,28+,29+/m1/s1. The molecule has 1 heterocycles. The maximum Gasteiger partial charge on any atom is 0.340 e. The minimum Gasteiger partial charge on any atom is -0.458 e. The number of aromatic nitrogens is 1. The zero-order valence-corrected chi connectivity index (χ0v) is 24.3. The Kier molecular flexibility index (Phi) is 9.27. The number of nitrogens with zero attached hydrogens (tertiary/aromatic N) is 1. The van der Waals surface area contributed by atoms with Gasteiger partial charge in [-0.3, -0.25) is 4.98 Å². The number of esters is 2. The second kappa shape index (κ2) is 11.6. The van der Waals surface area contributed by atoms with Crippen LogP contribution >= 0.6 is 0 Å². The van der Waals surface area contributed by atoms with Gasteiger partial charge in [0.1, 0.15) is 12.2 Å². The van der Waals surface area contributed by atoms with E-state index in [0.29, 0.717) is 69.9 Å². The Bertz CT molecular complexity index is 867. The lowest BCUT2D eigenvalue weighted by Crippen LogP contribution is -2.39. The molecule has 1 aromatic rings. The summed E-state index contributed by atoms with van der Waals surface area (Å²) in [6.07, 6.45) is 3.87. The molecule has 36 heavy (non-hydrogen) atoms. The number of carbonyl (C=O) groups is 2. The van der Waals surface area contributed by atoms with Gasteiger partial charge in [-0.2, -0.15) is 0 Å². The van der Waals surface area contributed by atoms with Crippen LogP contribution in [-0.4, -0.2) is 29.1 Å². The van der Waals surface area contributed by atoms with Crippen LogP contribution in [0.3, 0.4) is 0 Å². The van der Waals surface area contributed by atoms with Crippen molar-refractivity contribution >= 4 is 11.9 Å². The molecule has 0 radical (unpaired) electrons. The van der Waals surface area contributed by atoms with Crippen molar-refractivity contribution in [1.82, 2.24) is 4.98 Å². The first-order valence-corrected chi connectivity index (χ1v) is 14.2. The van der Waals surface area contributed by atoms with Crippen LogP contribution in [0.1, 0.15) is 113 Å². The van der Waals surface area contributed by atoms with Gasteiger partial charge in [0.05, 0.1) is 22.5 Å². The summed E-state index contributed by atoms with van der Waals surface area (Å²) in [6, 6.07) is 1.65. The van der Waals surface area contributed by atoms with Crippen molar-refractivity contribution in [1.29, 1.82) is 0 Å². The van der Waals surface area contributed by atoms with Crippen molar-refractivity contribution in [2.24, 2.45) is 47.3 Å². The molecule has 0 saturated heterocycles. The monoisotopic (exact) mass is 499 g/mol. The third kappa shape index (κ3) is 6.31. The molecular formula is C31H49NO4. The molecule has 2 fully saturated rings. The third-order valence-corrected chi connectivity index (χ3v) is 9.63. The summed E-state index contributed by atoms with van der Waals surface area (Å²) in [5.41, 5.74) is 1.91. The quantitative estimate of drug-likeness (QED) is 0.381. The molecule has 0 N–H and O–H groups in total. The second-order valence-corrected chi connectivity index (χ2v) is 12.8. The lowest BCUT2D eigenvalue weighted by molar-refractivity contribution is -0.0257. The molecule has 5 heteroatoms. The predicted octanol–water partition coefficient (Wildman–Crippen LogP) is 7.43. The Labute approximate surface area is 219 Å². The van der Waals surface area contributed by atoms with Crippen molar-refractivity contribution in [3.63, 3.8) is 0 Å². The van der Waals surface area contributed by atoms with Gasteiger partial charge in [0.15, 0.2) is 0 Å². The summed E-state index contributed by atoms with van der Waals surface area (Å²) in [4.78, 5) is 31.2. The lowest BCUT2D eigenvalue weighted by atomic mass is 9.70. The van der Waals surface area contributed by atoms with E-state index in [4.69, 9.17) is 9.47 Å². The van der Waals surface area contributed by atoms with Gasteiger partial charge < -0.3 is 9.47 Å². The number of hydrogen-bond acceptors (Lipinski definition) is 5. The van der Waals surface area contributed by atoms with Gasteiger partial charge in [0.25, 0.3) is 0 Å². The molecule has 8 atom stereocenters. The summed E-state index contributed by atoms with van der Waals surface area (Å²) in [5, 5.41) is 0. The number of ether oxygens (including phenoxy) is 2. The zero-order valence-electron chi connectivity index (χ0n) is 24.3. The number of carbonyl (C=O) groups excluding carboxylic acids is 2. The van der Waals surface area contributed by atoms with Crippen molar-refractivity contribution in [3.05, 3.63) is 28.6 Å². The van der Waals surface area contributed by atoms with Crippen molar-refractivity contribution < 1.29 is 19.1 Å². The fourth-order valence-electron chi connectivity index (χ4n) is 6.28. The molecule has 0 amide bonds. The van der Waals surface area contributed by atoms with Crippen LogP contribution in [0, 0.1) is 61.2 Å². The van der Waals surface area contributed by atoms with Crippen LogP contribution in [0.2, 0.25) is 0 Å². The first-order valence-electron chi connectivity index (χ1n) is 14.2. The molecule has 0 aromatic carbocycles. The summed E-state index contributed by atoms with van der Waals surface area (Å²) in [7, 11) is 0. The normalized spacial score (nSPS) is 33.0. The van der Waals surface area contributed by atoms with Crippen LogP contribution in [0.4, 0.5) is 0 Å². The van der Waals surface area contributed by atoms with Crippen LogP contribution in [0.25, 0.3) is 0 Å². The van der Waals surface area contributed by atoms with Gasteiger partial charge in [-0.15, -0.1) is 0 Å². The van der Waals surface area contributed by atoms with Crippen molar-refractivity contribution in [2.75, 3.05) is 0 Å². The molecule has 0 aliphatic heterocycles. The Morgan fingerprint density at radius 2 is 1.08 bits per heavy atom. The first kappa shape index (κ1) is 28.7. The van der Waals surface area contributed by atoms with E-state index in [0.717, 1.165) is 12.8 Å². The molecule has 2 aliphatic rings. The van der Waals surface area contributed by atoms with Gasteiger partial charge in [0.2, 0.25) is 0 Å². The molecule has 3 rings (SSSR count).